The zero-order valence-corrected chi connectivity index (χ0v) is 17.1. The Labute approximate surface area is 177 Å². The molecule has 0 radical (unpaired) electrons. The zero-order chi connectivity index (χ0) is 21.2. The summed E-state index contributed by atoms with van der Waals surface area (Å²) in [6.07, 6.45) is 4.47. The third-order valence-electron chi connectivity index (χ3n) is 4.99. The van der Waals surface area contributed by atoms with E-state index >= 15 is 0 Å². The van der Waals surface area contributed by atoms with E-state index in [1.165, 1.54) is 6.92 Å². The highest BCUT2D eigenvalue weighted by Gasteiger charge is 2.24. The van der Waals surface area contributed by atoms with E-state index in [4.69, 9.17) is 0 Å². The molecule has 2 aromatic carbocycles. The first-order chi connectivity index (χ1) is 14.6. The molecule has 0 saturated carbocycles. The molecule has 0 bridgehead atoms. The van der Waals surface area contributed by atoms with Gasteiger partial charge in [0.05, 0.1) is 12.1 Å². The SMILES string of the molecule is CC(=O)[C@H](Cc1ccccc1)NC(=O)C(Cc1ccccc1)NCc1ccncc1. The summed E-state index contributed by atoms with van der Waals surface area (Å²) in [6, 6.07) is 22.4. The van der Waals surface area contributed by atoms with Crippen LogP contribution in [0.2, 0.25) is 0 Å². The quantitative estimate of drug-likeness (QED) is 0.548. The lowest BCUT2D eigenvalue weighted by Crippen LogP contribution is -2.51. The highest BCUT2D eigenvalue weighted by molar-refractivity contribution is 5.90. The Morgan fingerprint density at radius 3 is 1.83 bits per heavy atom. The molecule has 154 valence electrons. The van der Waals surface area contributed by atoms with Crippen molar-refractivity contribution in [1.29, 1.82) is 0 Å². The Morgan fingerprint density at radius 2 is 1.30 bits per heavy atom. The molecule has 0 fully saturated rings. The first-order valence-electron chi connectivity index (χ1n) is 10.1. The molecule has 0 saturated heterocycles. The number of Topliss-reactive ketones (excluding diaryl/α,β-unsaturated/α-hetero) is 1. The van der Waals surface area contributed by atoms with Crippen LogP contribution < -0.4 is 10.6 Å². The fourth-order valence-corrected chi connectivity index (χ4v) is 3.27. The van der Waals surface area contributed by atoms with Crippen molar-refractivity contribution in [3.63, 3.8) is 0 Å². The van der Waals surface area contributed by atoms with Crippen molar-refractivity contribution in [3.05, 3.63) is 102 Å². The van der Waals surface area contributed by atoms with E-state index < -0.39 is 12.1 Å². The van der Waals surface area contributed by atoms with Gasteiger partial charge in [0.25, 0.3) is 0 Å². The number of amides is 1. The van der Waals surface area contributed by atoms with Crippen molar-refractivity contribution in [1.82, 2.24) is 15.6 Å². The molecule has 3 rings (SSSR count). The maximum absolute atomic E-state index is 13.1. The fourth-order valence-electron chi connectivity index (χ4n) is 3.27. The minimum atomic E-state index is -0.555. The lowest BCUT2D eigenvalue weighted by molar-refractivity contribution is -0.128. The number of rotatable bonds is 10. The number of ketones is 1. The number of hydrogen-bond acceptors (Lipinski definition) is 4. The van der Waals surface area contributed by atoms with Crippen LogP contribution >= 0.6 is 0 Å². The summed E-state index contributed by atoms with van der Waals surface area (Å²) in [4.78, 5) is 29.4. The van der Waals surface area contributed by atoms with Crippen molar-refractivity contribution in [3.8, 4) is 0 Å². The number of pyridine rings is 1. The number of hydrogen-bond donors (Lipinski definition) is 2. The molecule has 0 aliphatic heterocycles. The molecule has 2 N–H and O–H groups in total. The minimum absolute atomic E-state index is 0.0557. The molecule has 0 spiro atoms. The highest BCUT2D eigenvalue weighted by atomic mass is 16.2. The lowest BCUT2D eigenvalue weighted by Gasteiger charge is -2.22. The maximum atomic E-state index is 13.1. The van der Waals surface area contributed by atoms with Gasteiger partial charge in [-0.25, -0.2) is 0 Å². The Morgan fingerprint density at radius 1 is 0.767 bits per heavy atom. The summed E-state index contributed by atoms with van der Waals surface area (Å²) in [6.45, 7) is 2.06. The first-order valence-corrected chi connectivity index (χ1v) is 10.1. The normalized spacial score (nSPS) is 12.7. The van der Waals surface area contributed by atoms with Gasteiger partial charge in [0.1, 0.15) is 0 Å². The van der Waals surface area contributed by atoms with Crippen LogP contribution in [0.5, 0.6) is 0 Å². The summed E-state index contributed by atoms with van der Waals surface area (Å²) in [5, 5.41) is 6.30. The van der Waals surface area contributed by atoms with E-state index in [-0.39, 0.29) is 11.7 Å². The van der Waals surface area contributed by atoms with Gasteiger partial charge in [0, 0.05) is 18.9 Å². The predicted octanol–water partition coefficient (Wildman–Crippen LogP) is 3.10. The van der Waals surface area contributed by atoms with E-state index in [0.29, 0.717) is 19.4 Å². The van der Waals surface area contributed by atoms with Gasteiger partial charge in [-0.1, -0.05) is 60.7 Å². The summed E-state index contributed by atoms with van der Waals surface area (Å²) >= 11 is 0. The average Bonchev–Trinajstić information content (AvgIpc) is 2.78. The number of carbonyl (C=O) groups is 2. The van der Waals surface area contributed by atoms with Gasteiger partial charge in [-0.05, 0) is 48.6 Å². The van der Waals surface area contributed by atoms with Crippen LogP contribution in [0.4, 0.5) is 0 Å². The van der Waals surface area contributed by atoms with Gasteiger partial charge < -0.3 is 10.6 Å². The third kappa shape index (κ3) is 6.64. The Balaban J connectivity index is 1.71. The van der Waals surface area contributed by atoms with Crippen molar-refractivity contribution in [2.45, 2.75) is 38.4 Å². The standard InChI is InChI=1S/C25H27N3O2/c1-19(29)23(16-20-8-4-2-5-9-20)28-25(30)24(17-21-10-6-3-7-11-21)27-18-22-12-14-26-15-13-22/h2-15,23-24,27H,16-18H2,1H3,(H,28,30)/t23-,24?/m0/s1. The molecular weight excluding hydrogens is 374 g/mol. The molecule has 1 heterocycles. The zero-order valence-electron chi connectivity index (χ0n) is 17.1. The van der Waals surface area contributed by atoms with E-state index in [1.807, 2.05) is 72.8 Å². The van der Waals surface area contributed by atoms with E-state index in [2.05, 4.69) is 15.6 Å². The van der Waals surface area contributed by atoms with Crippen LogP contribution in [-0.2, 0) is 29.0 Å². The molecule has 1 unspecified atom stereocenters. The average molecular weight is 402 g/mol. The maximum Gasteiger partial charge on any atom is 0.238 e. The molecule has 30 heavy (non-hydrogen) atoms. The molecule has 3 aromatic rings. The second-order valence-corrected chi connectivity index (χ2v) is 7.34. The number of nitrogens with zero attached hydrogens (tertiary/aromatic N) is 1. The van der Waals surface area contributed by atoms with Crippen LogP contribution in [0.3, 0.4) is 0 Å². The second-order valence-electron chi connectivity index (χ2n) is 7.34. The number of nitrogens with one attached hydrogen (secondary N) is 2. The highest BCUT2D eigenvalue weighted by Crippen LogP contribution is 2.08. The molecule has 1 aromatic heterocycles. The smallest absolute Gasteiger partial charge is 0.238 e. The van der Waals surface area contributed by atoms with Gasteiger partial charge in [-0.15, -0.1) is 0 Å². The second kappa shape index (κ2) is 11.0. The minimum Gasteiger partial charge on any atom is -0.345 e. The van der Waals surface area contributed by atoms with Gasteiger partial charge in [-0.3, -0.25) is 14.6 Å². The molecule has 0 aliphatic carbocycles. The van der Waals surface area contributed by atoms with Crippen LogP contribution in [0.15, 0.2) is 85.2 Å². The topological polar surface area (TPSA) is 71.1 Å². The molecule has 2 atom stereocenters. The summed E-state index contributed by atoms with van der Waals surface area (Å²) in [5.74, 6) is -0.233. The first kappa shape index (κ1) is 21.4. The summed E-state index contributed by atoms with van der Waals surface area (Å²) in [5.41, 5.74) is 3.12. The lowest BCUT2D eigenvalue weighted by atomic mass is 10.0. The molecule has 5 nitrogen and oxygen atoms in total. The molecule has 0 aliphatic rings. The van der Waals surface area contributed by atoms with Crippen molar-refractivity contribution in [2.75, 3.05) is 0 Å². The van der Waals surface area contributed by atoms with E-state index in [9.17, 15) is 9.59 Å². The van der Waals surface area contributed by atoms with Crippen LogP contribution in [-0.4, -0.2) is 28.8 Å². The molecular formula is C25H27N3O2. The van der Waals surface area contributed by atoms with Crippen molar-refractivity contribution < 1.29 is 9.59 Å². The van der Waals surface area contributed by atoms with Gasteiger partial charge in [0.15, 0.2) is 5.78 Å². The summed E-state index contributed by atoms with van der Waals surface area (Å²) in [7, 11) is 0. The van der Waals surface area contributed by atoms with E-state index in [0.717, 1.165) is 16.7 Å². The van der Waals surface area contributed by atoms with Crippen molar-refractivity contribution in [2.24, 2.45) is 0 Å². The van der Waals surface area contributed by atoms with Gasteiger partial charge in [-0.2, -0.15) is 0 Å². The molecule has 1 amide bonds. The van der Waals surface area contributed by atoms with E-state index in [1.54, 1.807) is 12.4 Å². The Kier molecular flexibility index (Phi) is 7.86. The monoisotopic (exact) mass is 401 g/mol. The Hall–Kier alpha value is -3.31. The molecule has 5 heteroatoms. The largest absolute Gasteiger partial charge is 0.345 e. The van der Waals surface area contributed by atoms with Crippen LogP contribution in [0.1, 0.15) is 23.6 Å². The van der Waals surface area contributed by atoms with Crippen molar-refractivity contribution >= 4 is 11.7 Å². The van der Waals surface area contributed by atoms with Crippen LogP contribution in [0.25, 0.3) is 0 Å². The number of benzene rings is 2. The van der Waals surface area contributed by atoms with Gasteiger partial charge >= 0.3 is 0 Å². The number of aromatic nitrogens is 1. The Bertz CT molecular complexity index is 930. The fraction of sp³-hybridized carbons (Fsp3) is 0.240. The predicted molar refractivity (Wildman–Crippen MR) is 118 cm³/mol. The van der Waals surface area contributed by atoms with Crippen LogP contribution in [0, 0.1) is 0 Å². The summed E-state index contributed by atoms with van der Waals surface area (Å²) < 4.78 is 0. The third-order valence-corrected chi connectivity index (χ3v) is 4.99. The number of carbonyl (C=O) groups excluding carboxylic acids is 2. The van der Waals surface area contributed by atoms with Gasteiger partial charge in [0.2, 0.25) is 5.91 Å².